The highest BCUT2D eigenvalue weighted by Crippen LogP contribution is 2.22. The van der Waals surface area contributed by atoms with Gasteiger partial charge < -0.3 is 15.5 Å². The van der Waals surface area contributed by atoms with Crippen molar-refractivity contribution in [3.63, 3.8) is 0 Å². The van der Waals surface area contributed by atoms with Gasteiger partial charge in [0.05, 0.1) is 23.1 Å². The number of benzene rings is 1. The Morgan fingerprint density at radius 3 is 2.74 bits per heavy atom. The van der Waals surface area contributed by atoms with E-state index in [1.54, 1.807) is 0 Å². The lowest BCUT2D eigenvalue weighted by Gasteiger charge is -2.10. The Balaban J connectivity index is 2.35. The molecule has 0 aliphatic carbocycles. The predicted molar refractivity (Wildman–Crippen MR) is 74.0 cm³/mol. The van der Waals surface area contributed by atoms with Crippen LogP contribution in [0.25, 0.3) is 0 Å². The molecule has 1 heterocycles. The molecule has 0 bridgehead atoms. The zero-order valence-corrected chi connectivity index (χ0v) is 11.0. The van der Waals surface area contributed by atoms with Gasteiger partial charge in [-0.1, -0.05) is 18.3 Å². The molecule has 0 atom stereocenters. The third-order valence-corrected chi connectivity index (χ3v) is 2.87. The molecule has 0 aliphatic heterocycles. The normalized spacial score (nSPS) is 10.2. The molecule has 19 heavy (non-hydrogen) atoms. The fourth-order valence-corrected chi connectivity index (χ4v) is 1.93. The second kappa shape index (κ2) is 5.38. The van der Waals surface area contributed by atoms with E-state index >= 15 is 0 Å². The number of rotatable bonds is 3. The molecule has 3 N–H and O–H groups in total. The fraction of sp³-hybridized carbons (Fsp3) is 0. The molecule has 2 rings (SSSR count). The van der Waals surface area contributed by atoms with E-state index in [0.717, 1.165) is 0 Å². The highest BCUT2D eigenvalue weighted by molar-refractivity contribution is 7.80. The van der Waals surface area contributed by atoms with Crippen LogP contribution in [0.5, 0.6) is 0 Å². The standard InChI is InChI=1S/C12H8ClFN2O2S/c13-10-6(4-5-18-10)12(17)16-8-3-1-2-7(14)9(8)11(15)19/h1-5H,(H2,15,19)(H,16,17). The summed E-state index contributed by atoms with van der Waals surface area (Å²) in [4.78, 5) is 11.8. The Morgan fingerprint density at radius 1 is 1.42 bits per heavy atom. The van der Waals surface area contributed by atoms with Crippen molar-refractivity contribution in [2.75, 3.05) is 5.32 Å². The van der Waals surface area contributed by atoms with E-state index in [9.17, 15) is 9.18 Å². The van der Waals surface area contributed by atoms with Crippen molar-refractivity contribution in [3.05, 3.63) is 52.7 Å². The van der Waals surface area contributed by atoms with Crippen molar-refractivity contribution < 1.29 is 13.6 Å². The average molecular weight is 299 g/mol. The van der Waals surface area contributed by atoms with Crippen LogP contribution in [0.3, 0.4) is 0 Å². The van der Waals surface area contributed by atoms with Gasteiger partial charge in [0.15, 0.2) is 0 Å². The molecule has 0 saturated carbocycles. The molecule has 98 valence electrons. The monoisotopic (exact) mass is 298 g/mol. The molecule has 1 amide bonds. The maximum absolute atomic E-state index is 13.6. The van der Waals surface area contributed by atoms with Gasteiger partial charge in [-0.15, -0.1) is 0 Å². The van der Waals surface area contributed by atoms with Crippen LogP contribution in [-0.4, -0.2) is 10.9 Å². The zero-order chi connectivity index (χ0) is 14.0. The minimum atomic E-state index is -0.608. The van der Waals surface area contributed by atoms with E-state index in [4.69, 9.17) is 34.0 Å². The Morgan fingerprint density at radius 2 is 2.16 bits per heavy atom. The fourth-order valence-electron chi connectivity index (χ4n) is 1.52. The second-order valence-corrected chi connectivity index (χ2v) is 4.37. The molecular formula is C12H8ClFN2O2S. The van der Waals surface area contributed by atoms with Gasteiger partial charge in [0.25, 0.3) is 5.91 Å². The summed E-state index contributed by atoms with van der Waals surface area (Å²) >= 11 is 10.4. The third kappa shape index (κ3) is 2.74. The third-order valence-electron chi connectivity index (χ3n) is 2.37. The number of furan rings is 1. The van der Waals surface area contributed by atoms with Crippen LogP contribution < -0.4 is 11.1 Å². The first-order valence-electron chi connectivity index (χ1n) is 5.13. The first-order valence-corrected chi connectivity index (χ1v) is 5.92. The van der Waals surface area contributed by atoms with Gasteiger partial charge >= 0.3 is 0 Å². The number of hydrogen-bond donors (Lipinski definition) is 2. The van der Waals surface area contributed by atoms with Crippen molar-refractivity contribution >= 4 is 40.4 Å². The zero-order valence-electron chi connectivity index (χ0n) is 9.44. The van der Waals surface area contributed by atoms with E-state index in [2.05, 4.69) is 5.32 Å². The molecule has 0 saturated heterocycles. The van der Waals surface area contributed by atoms with Crippen LogP contribution in [0.4, 0.5) is 10.1 Å². The summed E-state index contributed by atoms with van der Waals surface area (Å²) in [6.45, 7) is 0. The van der Waals surface area contributed by atoms with Crippen molar-refractivity contribution in [3.8, 4) is 0 Å². The SMILES string of the molecule is NC(=S)c1c(F)cccc1NC(=O)c1ccoc1Cl. The van der Waals surface area contributed by atoms with Gasteiger partial charge in [0.2, 0.25) is 5.22 Å². The first kappa shape index (κ1) is 13.5. The molecule has 4 nitrogen and oxygen atoms in total. The van der Waals surface area contributed by atoms with E-state index in [-0.39, 0.29) is 27.0 Å². The topological polar surface area (TPSA) is 68.3 Å². The Labute approximate surface area is 118 Å². The molecule has 7 heteroatoms. The molecule has 0 radical (unpaired) electrons. The highest BCUT2D eigenvalue weighted by Gasteiger charge is 2.17. The quantitative estimate of drug-likeness (QED) is 0.855. The van der Waals surface area contributed by atoms with Crippen molar-refractivity contribution in [1.29, 1.82) is 0 Å². The van der Waals surface area contributed by atoms with Crippen LogP contribution in [0, 0.1) is 5.82 Å². The van der Waals surface area contributed by atoms with E-state index in [0.29, 0.717) is 0 Å². The summed E-state index contributed by atoms with van der Waals surface area (Å²) in [6, 6.07) is 5.53. The maximum Gasteiger partial charge on any atom is 0.260 e. The maximum atomic E-state index is 13.6. The van der Waals surface area contributed by atoms with Gasteiger partial charge in [-0.25, -0.2) is 4.39 Å². The van der Waals surface area contributed by atoms with Crippen molar-refractivity contribution in [2.45, 2.75) is 0 Å². The average Bonchev–Trinajstić information content (AvgIpc) is 2.75. The molecule has 0 aliphatic rings. The minimum Gasteiger partial charge on any atom is -0.452 e. The molecule has 0 unspecified atom stereocenters. The minimum absolute atomic E-state index is 0.0227. The van der Waals surface area contributed by atoms with E-state index < -0.39 is 11.7 Å². The van der Waals surface area contributed by atoms with E-state index in [1.165, 1.54) is 30.5 Å². The van der Waals surface area contributed by atoms with Crippen molar-refractivity contribution in [2.24, 2.45) is 5.73 Å². The largest absolute Gasteiger partial charge is 0.452 e. The second-order valence-electron chi connectivity index (χ2n) is 3.59. The smallest absolute Gasteiger partial charge is 0.260 e. The van der Waals surface area contributed by atoms with Gasteiger partial charge in [-0.2, -0.15) is 0 Å². The summed E-state index contributed by atoms with van der Waals surface area (Å²) in [6.07, 6.45) is 1.28. The number of nitrogens with two attached hydrogens (primary N) is 1. The number of carbonyl (C=O) groups is 1. The highest BCUT2D eigenvalue weighted by atomic mass is 35.5. The summed E-state index contributed by atoms with van der Waals surface area (Å²) in [5.74, 6) is -1.15. The predicted octanol–water partition coefficient (Wildman–Crippen LogP) is 2.96. The van der Waals surface area contributed by atoms with Gasteiger partial charge in [0, 0.05) is 0 Å². The number of halogens is 2. The molecular weight excluding hydrogens is 291 g/mol. The summed E-state index contributed by atoms with van der Waals surface area (Å²) in [7, 11) is 0. The molecule has 0 fully saturated rings. The lowest BCUT2D eigenvalue weighted by Crippen LogP contribution is -2.18. The number of carbonyl (C=O) groups excluding carboxylic acids is 1. The summed E-state index contributed by atoms with van der Waals surface area (Å²) < 4.78 is 18.4. The molecule has 1 aromatic carbocycles. The summed E-state index contributed by atoms with van der Waals surface area (Å²) in [5, 5.41) is 2.43. The van der Waals surface area contributed by atoms with Crippen LogP contribution in [0.1, 0.15) is 15.9 Å². The van der Waals surface area contributed by atoms with Crippen LogP contribution in [-0.2, 0) is 0 Å². The Hall–Kier alpha value is -1.92. The van der Waals surface area contributed by atoms with Gasteiger partial charge in [-0.3, -0.25) is 4.79 Å². The summed E-state index contributed by atoms with van der Waals surface area (Å²) in [5.41, 5.74) is 5.73. The number of hydrogen-bond acceptors (Lipinski definition) is 3. The Bertz CT molecular complexity index is 657. The van der Waals surface area contributed by atoms with Crippen LogP contribution >= 0.6 is 23.8 Å². The number of thiocarbonyl (C=S) groups is 1. The molecule has 1 aromatic heterocycles. The Kier molecular flexibility index (Phi) is 3.82. The molecule has 0 spiro atoms. The van der Waals surface area contributed by atoms with Gasteiger partial charge in [-0.05, 0) is 29.8 Å². The number of anilines is 1. The number of nitrogens with one attached hydrogen (secondary N) is 1. The lowest BCUT2D eigenvalue weighted by atomic mass is 10.1. The van der Waals surface area contributed by atoms with Crippen LogP contribution in [0.2, 0.25) is 5.22 Å². The van der Waals surface area contributed by atoms with E-state index in [1.807, 2.05) is 0 Å². The van der Waals surface area contributed by atoms with Crippen molar-refractivity contribution in [1.82, 2.24) is 0 Å². The first-order chi connectivity index (χ1) is 9.00. The lowest BCUT2D eigenvalue weighted by molar-refractivity contribution is 0.102. The molecule has 2 aromatic rings. The van der Waals surface area contributed by atoms with Crippen LogP contribution in [0.15, 0.2) is 34.9 Å². The van der Waals surface area contributed by atoms with Gasteiger partial charge in [0.1, 0.15) is 10.8 Å². The number of amides is 1.